The number of aliphatic carboxylic acids is 1. The summed E-state index contributed by atoms with van der Waals surface area (Å²) in [7, 11) is 0. The van der Waals surface area contributed by atoms with E-state index < -0.39 is 11.4 Å². The Labute approximate surface area is 109 Å². The van der Waals surface area contributed by atoms with Gasteiger partial charge in [-0.3, -0.25) is 4.79 Å². The van der Waals surface area contributed by atoms with E-state index in [2.05, 4.69) is 0 Å². The number of carboxylic acids is 1. The molecule has 0 saturated carbocycles. The van der Waals surface area contributed by atoms with Crippen LogP contribution in [0.1, 0.15) is 17.4 Å². The van der Waals surface area contributed by atoms with Crippen LogP contribution in [0.15, 0.2) is 41.8 Å². The van der Waals surface area contributed by atoms with Gasteiger partial charge in [-0.05, 0) is 42.5 Å². The minimum absolute atomic E-state index is 0.313. The molecule has 1 heterocycles. The van der Waals surface area contributed by atoms with Crippen molar-refractivity contribution in [1.29, 1.82) is 0 Å². The van der Waals surface area contributed by atoms with Gasteiger partial charge in [-0.25, -0.2) is 4.39 Å². The lowest BCUT2D eigenvalue weighted by molar-refractivity contribution is -0.143. The monoisotopic (exact) mass is 264 g/mol. The summed E-state index contributed by atoms with van der Waals surface area (Å²) in [5.41, 5.74) is -0.152. The van der Waals surface area contributed by atoms with Crippen molar-refractivity contribution in [2.75, 3.05) is 0 Å². The van der Waals surface area contributed by atoms with Gasteiger partial charge in [-0.1, -0.05) is 18.2 Å². The molecule has 2 aromatic rings. The Kier molecular flexibility index (Phi) is 3.48. The van der Waals surface area contributed by atoms with Crippen molar-refractivity contribution in [3.8, 4) is 0 Å². The van der Waals surface area contributed by atoms with Crippen molar-refractivity contribution in [2.24, 2.45) is 0 Å². The molecule has 1 atom stereocenters. The molecule has 2 rings (SSSR count). The first-order valence-electron chi connectivity index (χ1n) is 5.54. The molecule has 0 radical (unpaired) electrons. The Hall–Kier alpha value is -1.68. The van der Waals surface area contributed by atoms with Crippen molar-refractivity contribution in [1.82, 2.24) is 0 Å². The van der Waals surface area contributed by atoms with Gasteiger partial charge in [0, 0.05) is 4.88 Å². The SMILES string of the molecule is CC(Cc1ccc(F)cc1)(C(=O)O)c1cccs1. The van der Waals surface area contributed by atoms with Gasteiger partial charge in [0.15, 0.2) is 0 Å². The molecule has 0 aliphatic rings. The minimum atomic E-state index is -0.966. The Morgan fingerprint density at radius 3 is 2.50 bits per heavy atom. The third kappa shape index (κ3) is 2.43. The van der Waals surface area contributed by atoms with Gasteiger partial charge in [0.05, 0.1) is 0 Å². The predicted octanol–water partition coefficient (Wildman–Crippen LogP) is 3.47. The molecule has 0 spiro atoms. The van der Waals surface area contributed by atoms with Crippen LogP contribution >= 0.6 is 11.3 Å². The molecule has 0 amide bonds. The van der Waals surface area contributed by atoms with Crippen LogP contribution in [0, 0.1) is 5.82 Å². The summed E-state index contributed by atoms with van der Waals surface area (Å²) in [6, 6.07) is 9.63. The van der Waals surface area contributed by atoms with E-state index in [9.17, 15) is 14.3 Å². The van der Waals surface area contributed by atoms with E-state index >= 15 is 0 Å². The van der Waals surface area contributed by atoms with Gasteiger partial charge >= 0.3 is 5.97 Å². The van der Waals surface area contributed by atoms with Crippen LogP contribution in [-0.2, 0) is 16.6 Å². The maximum absolute atomic E-state index is 12.8. The fourth-order valence-electron chi connectivity index (χ4n) is 1.87. The molecule has 2 nitrogen and oxygen atoms in total. The minimum Gasteiger partial charge on any atom is -0.481 e. The van der Waals surface area contributed by atoms with Crippen molar-refractivity contribution in [3.05, 3.63) is 58.0 Å². The van der Waals surface area contributed by atoms with E-state index in [1.807, 2.05) is 17.5 Å². The lowest BCUT2D eigenvalue weighted by Crippen LogP contribution is -2.33. The van der Waals surface area contributed by atoms with Gasteiger partial charge in [0.2, 0.25) is 0 Å². The van der Waals surface area contributed by atoms with Crippen molar-refractivity contribution in [2.45, 2.75) is 18.8 Å². The first-order valence-corrected chi connectivity index (χ1v) is 6.42. The van der Waals surface area contributed by atoms with Crippen molar-refractivity contribution in [3.63, 3.8) is 0 Å². The van der Waals surface area contributed by atoms with Gasteiger partial charge < -0.3 is 5.11 Å². The highest BCUT2D eigenvalue weighted by Gasteiger charge is 2.36. The van der Waals surface area contributed by atoms with Crippen LogP contribution in [0.25, 0.3) is 0 Å². The highest BCUT2D eigenvalue weighted by atomic mass is 32.1. The van der Waals surface area contributed by atoms with Crippen LogP contribution in [0.3, 0.4) is 0 Å². The molecule has 1 N–H and O–H groups in total. The third-order valence-electron chi connectivity index (χ3n) is 3.01. The summed E-state index contributed by atoms with van der Waals surface area (Å²) in [5, 5.41) is 11.3. The normalized spacial score (nSPS) is 14.1. The Balaban J connectivity index is 2.32. The predicted molar refractivity (Wildman–Crippen MR) is 69.4 cm³/mol. The van der Waals surface area contributed by atoms with Crippen LogP contribution in [0.5, 0.6) is 0 Å². The molecule has 1 aromatic heterocycles. The molecule has 0 bridgehead atoms. The summed E-state index contributed by atoms with van der Waals surface area (Å²) in [4.78, 5) is 12.3. The summed E-state index contributed by atoms with van der Waals surface area (Å²) in [6.45, 7) is 1.70. The van der Waals surface area contributed by atoms with Crippen LogP contribution in [0.4, 0.5) is 4.39 Å². The lowest BCUT2D eigenvalue weighted by Gasteiger charge is -2.23. The van der Waals surface area contributed by atoms with Gasteiger partial charge in [-0.15, -0.1) is 11.3 Å². The summed E-state index contributed by atoms with van der Waals surface area (Å²) in [6.07, 6.45) is 0.350. The third-order valence-corrected chi connectivity index (χ3v) is 4.14. The van der Waals surface area contributed by atoms with Crippen LogP contribution < -0.4 is 0 Å². The molecule has 4 heteroatoms. The standard InChI is InChI=1S/C14H13FO2S/c1-14(13(16)17,12-3-2-8-18-12)9-10-4-6-11(15)7-5-10/h2-8H,9H2,1H3,(H,16,17). The second kappa shape index (κ2) is 4.90. The zero-order chi connectivity index (χ0) is 13.2. The largest absolute Gasteiger partial charge is 0.481 e. The molecule has 0 saturated heterocycles. The average Bonchev–Trinajstić information content (AvgIpc) is 2.86. The number of thiophene rings is 1. The number of hydrogen-bond donors (Lipinski definition) is 1. The smallest absolute Gasteiger partial charge is 0.315 e. The molecule has 0 aliphatic heterocycles. The number of hydrogen-bond acceptors (Lipinski definition) is 2. The van der Waals surface area contributed by atoms with E-state index in [1.54, 1.807) is 19.1 Å². The first kappa shape index (κ1) is 12.8. The Morgan fingerprint density at radius 2 is 2.00 bits per heavy atom. The molecule has 0 aliphatic carbocycles. The van der Waals surface area contributed by atoms with E-state index in [1.165, 1.54) is 23.5 Å². The molecule has 1 aromatic carbocycles. The summed E-state index contributed by atoms with van der Waals surface area (Å²) < 4.78 is 12.8. The number of halogens is 1. The molecule has 18 heavy (non-hydrogen) atoms. The summed E-state index contributed by atoms with van der Waals surface area (Å²) in [5.74, 6) is -1.18. The van der Waals surface area contributed by atoms with Gasteiger partial charge in [0.1, 0.15) is 11.2 Å². The van der Waals surface area contributed by atoms with Crippen molar-refractivity contribution < 1.29 is 14.3 Å². The first-order chi connectivity index (χ1) is 8.52. The lowest BCUT2D eigenvalue weighted by atomic mass is 9.82. The number of carbonyl (C=O) groups is 1. The zero-order valence-electron chi connectivity index (χ0n) is 9.89. The van der Waals surface area contributed by atoms with Gasteiger partial charge in [0.25, 0.3) is 0 Å². The maximum atomic E-state index is 12.8. The summed E-state index contributed by atoms with van der Waals surface area (Å²) >= 11 is 1.43. The highest BCUT2D eigenvalue weighted by molar-refractivity contribution is 7.10. The molecular weight excluding hydrogens is 251 g/mol. The van der Waals surface area contributed by atoms with E-state index in [0.29, 0.717) is 6.42 Å². The molecular formula is C14H13FO2S. The topological polar surface area (TPSA) is 37.3 Å². The quantitative estimate of drug-likeness (QED) is 0.918. The van der Waals surface area contributed by atoms with E-state index in [0.717, 1.165) is 10.4 Å². The van der Waals surface area contributed by atoms with Gasteiger partial charge in [-0.2, -0.15) is 0 Å². The molecule has 0 fully saturated rings. The van der Waals surface area contributed by atoms with Crippen molar-refractivity contribution >= 4 is 17.3 Å². The molecule has 1 unspecified atom stereocenters. The Bertz CT molecular complexity index is 533. The number of rotatable bonds is 4. The number of carboxylic acid groups (broad SMARTS) is 1. The highest BCUT2D eigenvalue weighted by Crippen LogP contribution is 2.32. The van der Waals surface area contributed by atoms with Crippen LogP contribution in [0.2, 0.25) is 0 Å². The fourth-order valence-corrected chi connectivity index (χ4v) is 2.75. The second-order valence-electron chi connectivity index (χ2n) is 4.42. The zero-order valence-corrected chi connectivity index (χ0v) is 10.7. The van der Waals surface area contributed by atoms with E-state index in [-0.39, 0.29) is 5.82 Å². The second-order valence-corrected chi connectivity index (χ2v) is 5.37. The number of benzene rings is 1. The van der Waals surface area contributed by atoms with E-state index in [4.69, 9.17) is 0 Å². The molecule has 94 valence electrons. The maximum Gasteiger partial charge on any atom is 0.315 e. The average molecular weight is 264 g/mol. The van der Waals surface area contributed by atoms with Crippen LogP contribution in [-0.4, -0.2) is 11.1 Å². The Morgan fingerprint density at radius 1 is 1.33 bits per heavy atom. The fraction of sp³-hybridized carbons (Fsp3) is 0.214.